The number of aliphatic hydroxyl groups excluding tert-OH is 2. The number of hydrogen-bond acceptors (Lipinski definition) is 11. The van der Waals surface area contributed by atoms with E-state index in [9.17, 15) is 29.3 Å². The first-order valence-corrected chi connectivity index (χ1v) is 12.1. The van der Waals surface area contributed by atoms with Crippen molar-refractivity contribution in [3.8, 4) is 0 Å². The Hall–Kier alpha value is -1.90. The van der Waals surface area contributed by atoms with Crippen LogP contribution in [0.1, 0.15) is 31.9 Å². The number of nitrogens with zero attached hydrogens (tertiary/aromatic N) is 3. The number of alkyl halides is 1. The first-order valence-electron chi connectivity index (χ1n) is 10.1. The fourth-order valence-electron chi connectivity index (χ4n) is 3.28. The molecule has 1 unspecified atom stereocenters. The Bertz CT molecular complexity index is 1080. The van der Waals surface area contributed by atoms with Crippen molar-refractivity contribution in [3.63, 3.8) is 0 Å². The van der Waals surface area contributed by atoms with Gasteiger partial charge in [0.15, 0.2) is 17.4 Å². The molecule has 5 atom stereocenters. The summed E-state index contributed by atoms with van der Waals surface area (Å²) < 4.78 is 28.6. The van der Waals surface area contributed by atoms with Crippen LogP contribution in [0.3, 0.4) is 0 Å². The molecule has 0 radical (unpaired) electrons. The number of Topliss-reactive ketones (excluding diaryl/α,β-unsaturated/α-hetero) is 1. The molecule has 0 bridgehead atoms. The molecule has 0 aromatic carbocycles. The van der Waals surface area contributed by atoms with Crippen LogP contribution in [0.15, 0.2) is 11.1 Å². The Morgan fingerprint density at radius 2 is 2.06 bits per heavy atom. The molecule has 1 aliphatic rings. The van der Waals surface area contributed by atoms with E-state index in [-0.39, 0.29) is 35.4 Å². The fraction of sp³-hybridized carbons (Fsp3) is 0.647. The molecule has 3 heterocycles. The van der Waals surface area contributed by atoms with E-state index in [2.05, 4.69) is 15.0 Å². The number of phosphoric acid groups is 1. The molecule has 0 saturated carbocycles. The van der Waals surface area contributed by atoms with Gasteiger partial charge in [-0.2, -0.15) is 4.98 Å². The van der Waals surface area contributed by atoms with Crippen LogP contribution in [0, 0.1) is 0 Å². The summed E-state index contributed by atoms with van der Waals surface area (Å²) in [6, 6.07) is 0. The average Bonchev–Trinajstić information content (AvgIpc) is 3.30. The average molecular weight is 510 g/mol. The summed E-state index contributed by atoms with van der Waals surface area (Å²) in [6.07, 6.45) is -2.22. The smallest absolute Gasteiger partial charge is 0.387 e. The van der Waals surface area contributed by atoms with Gasteiger partial charge in [-0.1, -0.05) is 6.42 Å². The molecule has 14 nitrogen and oxygen atoms in total. The van der Waals surface area contributed by atoms with Crippen molar-refractivity contribution in [2.45, 2.75) is 50.2 Å². The third-order valence-corrected chi connectivity index (χ3v) is 6.25. The lowest BCUT2D eigenvalue weighted by Crippen LogP contribution is -2.33. The number of rotatable bonds is 12. The summed E-state index contributed by atoms with van der Waals surface area (Å²) in [5, 5.41) is 20.7. The largest absolute Gasteiger partial charge is 0.472 e. The molecular weight excluding hydrogens is 485 g/mol. The summed E-state index contributed by atoms with van der Waals surface area (Å²) >= 11 is 5.41. The standard InChI is InChI=1S/C17H25ClN5O9P/c18-6-9(24)4-2-1-3-5-30-33(28,29)31-7-10-12(25)13(26)16(32-10)23-8-20-11-14(23)21-17(19)22-15(11)27/h8,10,12-13,16,25-26H,1-7H2,(H,28,29)(H3,19,21,22,27)/t10-,12-,13-,16-/m1/s1. The number of halogens is 1. The number of unbranched alkanes of at least 4 members (excludes halogenated alkanes) is 2. The number of aromatic nitrogens is 4. The Morgan fingerprint density at radius 3 is 2.79 bits per heavy atom. The molecule has 1 fully saturated rings. The van der Waals surface area contributed by atoms with Crippen molar-refractivity contribution in [1.29, 1.82) is 0 Å². The first-order chi connectivity index (χ1) is 15.6. The summed E-state index contributed by atoms with van der Waals surface area (Å²) in [6.45, 7) is -0.639. The van der Waals surface area contributed by atoms with E-state index in [0.29, 0.717) is 25.7 Å². The van der Waals surface area contributed by atoms with E-state index >= 15 is 0 Å². The van der Waals surface area contributed by atoms with Crippen molar-refractivity contribution in [1.82, 2.24) is 19.5 Å². The Labute approximate surface area is 192 Å². The molecule has 1 aliphatic heterocycles. The number of phosphoric ester groups is 1. The van der Waals surface area contributed by atoms with Crippen molar-refractivity contribution in [2.75, 3.05) is 24.8 Å². The topological polar surface area (TPSA) is 212 Å². The Kier molecular flexibility index (Phi) is 8.59. The number of carbonyl (C=O) groups is 1. The number of fused-ring (bicyclic) bond motifs is 1. The minimum atomic E-state index is -4.45. The zero-order valence-electron chi connectivity index (χ0n) is 17.4. The lowest BCUT2D eigenvalue weighted by molar-refractivity contribution is -0.116. The van der Waals surface area contributed by atoms with Gasteiger partial charge < -0.3 is 25.6 Å². The minimum absolute atomic E-state index is 0.0259. The molecule has 3 rings (SSSR count). The maximum Gasteiger partial charge on any atom is 0.472 e. The van der Waals surface area contributed by atoms with Crippen LogP contribution < -0.4 is 11.3 Å². The summed E-state index contributed by atoms with van der Waals surface area (Å²) in [4.78, 5) is 43.0. The predicted octanol–water partition coefficient (Wildman–Crippen LogP) is -0.177. The maximum absolute atomic E-state index is 12.1. The van der Waals surface area contributed by atoms with Crippen molar-refractivity contribution in [3.05, 3.63) is 16.7 Å². The SMILES string of the molecule is Nc1nc2c(ncn2[C@@H]2O[C@H](COP(=O)(O)OCCCCCC(=O)CCl)[C@@H](O)[C@H]2O)c(=O)[nH]1. The quantitative estimate of drug-likeness (QED) is 0.143. The third-order valence-electron chi connectivity index (χ3n) is 4.97. The van der Waals surface area contributed by atoms with E-state index in [1.54, 1.807) is 0 Å². The van der Waals surface area contributed by atoms with Crippen LogP contribution in [0.2, 0.25) is 0 Å². The van der Waals surface area contributed by atoms with Gasteiger partial charge in [0.25, 0.3) is 5.56 Å². The first kappa shape index (κ1) is 25.7. The molecule has 33 heavy (non-hydrogen) atoms. The normalized spacial score (nSPS) is 24.8. The molecule has 16 heteroatoms. The Balaban J connectivity index is 1.53. The van der Waals surface area contributed by atoms with Gasteiger partial charge in [0.05, 0.1) is 25.4 Å². The second kappa shape index (κ2) is 11.0. The van der Waals surface area contributed by atoms with Gasteiger partial charge in [-0.3, -0.25) is 28.2 Å². The summed E-state index contributed by atoms with van der Waals surface area (Å²) in [5.41, 5.74) is 4.94. The number of imidazole rings is 1. The van der Waals surface area contributed by atoms with Gasteiger partial charge in [-0.25, -0.2) is 9.55 Å². The lowest BCUT2D eigenvalue weighted by Gasteiger charge is -2.17. The highest BCUT2D eigenvalue weighted by Crippen LogP contribution is 2.44. The van der Waals surface area contributed by atoms with Crippen molar-refractivity contribution < 1.29 is 38.3 Å². The van der Waals surface area contributed by atoms with Crippen LogP contribution in [0.25, 0.3) is 11.2 Å². The zero-order valence-corrected chi connectivity index (χ0v) is 19.0. The highest BCUT2D eigenvalue weighted by molar-refractivity contribution is 7.47. The van der Waals surface area contributed by atoms with Crippen LogP contribution >= 0.6 is 19.4 Å². The van der Waals surface area contributed by atoms with E-state index in [4.69, 9.17) is 31.1 Å². The van der Waals surface area contributed by atoms with Gasteiger partial charge in [0.1, 0.15) is 24.1 Å². The molecule has 6 N–H and O–H groups in total. The minimum Gasteiger partial charge on any atom is -0.387 e. The second-order valence-corrected chi connectivity index (χ2v) is 9.12. The van der Waals surface area contributed by atoms with E-state index < -0.39 is 44.5 Å². The number of nitrogen functional groups attached to an aromatic ring is 1. The number of aromatic amines is 1. The van der Waals surface area contributed by atoms with Crippen LogP contribution in [0.4, 0.5) is 5.95 Å². The van der Waals surface area contributed by atoms with Crippen LogP contribution in [-0.4, -0.2) is 77.8 Å². The number of aliphatic hydroxyl groups is 2. The van der Waals surface area contributed by atoms with Gasteiger partial charge in [-0.05, 0) is 12.8 Å². The molecule has 1 saturated heterocycles. The van der Waals surface area contributed by atoms with E-state index in [1.165, 1.54) is 10.9 Å². The fourth-order valence-corrected chi connectivity index (χ4v) is 4.18. The van der Waals surface area contributed by atoms with Crippen LogP contribution in [-0.2, 0) is 23.1 Å². The Morgan fingerprint density at radius 1 is 1.30 bits per heavy atom. The monoisotopic (exact) mass is 509 g/mol. The molecule has 2 aromatic heterocycles. The van der Waals surface area contributed by atoms with Gasteiger partial charge in [0, 0.05) is 6.42 Å². The molecule has 2 aromatic rings. The third kappa shape index (κ3) is 6.37. The van der Waals surface area contributed by atoms with Gasteiger partial charge in [0.2, 0.25) is 5.95 Å². The van der Waals surface area contributed by atoms with E-state index in [0.717, 1.165) is 0 Å². The van der Waals surface area contributed by atoms with Crippen molar-refractivity contribution in [2.24, 2.45) is 0 Å². The number of ether oxygens (including phenoxy) is 1. The number of anilines is 1. The number of nitrogens with two attached hydrogens (primary N) is 1. The number of H-pyrrole nitrogens is 1. The molecule has 0 aliphatic carbocycles. The lowest BCUT2D eigenvalue weighted by atomic mass is 10.1. The van der Waals surface area contributed by atoms with Crippen LogP contribution in [0.5, 0.6) is 0 Å². The zero-order chi connectivity index (χ0) is 24.2. The number of carbonyl (C=O) groups excluding carboxylic acids is 1. The van der Waals surface area contributed by atoms with E-state index in [1.807, 2.05) is 0 Å². The number of nitrogens with one attached hydrogen (secondary N) is 1. The van der Waals surface area contributed by atoms with Gasteiger partial charge in [-0.15, -0.1) is 11.6 Å². The summed E-state index contributed by atoms with van der Waals surface area (Å²) in [7, 11) is -4.45. The summed E-state index contributed by atoms with van der Waals surface area (Å²) in [5.74, 6) is -0.286. The highest BCUT2D eigenvalue weighted by atomic mass is 35.5. The molecule has 0 amide bonds. The van der Waals surface area contributed by atoms with Crippen molar-refractivity contribution >= 4 is 42.3 Å². The highest BCUT2D eigenvalue weighted by Gasteiger charge is 2.45. The maximum atomic E-state index is 12.1. The van der Waals surface area contributed by atoms with Gasteiger partial charge >= 0.3 is 7.82 Å². The number of hydrogen-bond donors (Lipinski definition) is 5. The predicted molar refractivity (Wildman–Crippen MR) is 114 cm³/mol. The molecule has 0 spiro atoms. The second-order valence-electron chi connectivity index (χ2n) is 7.40. The molecular formula is C17H25ClN5O9P. The molecule has 184 valence electrons. The number of ketones is 1.